The first kappa shape index (κ1) is 23.5. The highest BCUT2D eigenvalue weighted by molar-refractivity contribution is 8.00. The molecule has 4 atom stereocenters. The Balaban J connectivity index is 1.77. The van der Waals surface area contributed by atoms with Crippen LogP contribution in [0.25, 0.3) is 0 Å². The van der Waals surface area contributed by atoms with E-state index < -0.39 is 0 Å². The molecular weight excluding hydrogens is 396 g/mol. The van der Waals surface area contributed by atoms with Gasteiger partial charge < -0.3 is 14.6 Å². The number of rotatable bonds is 7. The molecule has 3 rings (SSSR count). The lowest BCUT2D eigenvalue weighted by Crippen LogP contribution is -2.42. The molecule has 2 saturated carbocycles. The summed E-state index contributed by atoms with van der Waals surface area (Å²) in [5.74, 6) is 2.74. The fourth-order valence-electron chi connectivity index (χ4n) is 5.03. The highest BCUT2D eigenvalue weighted by Crippen LogP contribution is 2.43. The molecule has 1 aromatic heterocycles. The number of amides is 1. The maximum Gasteiger partial charge on any atom is 0.291 e. The quantitative estimate of drug-likeness (QED) is 0.506. The first-order valence-corrected chi connectivity index (χ1v) is 12.7. The van der Waals surface area contributed by atoms with E-state index >= 15 is 0 Å². The van der Waals surface area contributed by atoms with Gasteiger partial charge in [0.1, 0.15) is 4.90 Å². The third kappa shape index (κ3) is 5.95. The van der Waals surface area contributed by atoms with Crippen LogP contribution in [-0.2, 0) is 0 Å². The molecule has 1 N–H and O–H groups in total. The van der Waals surface area contributed by atoms with Gasteiger partial charge in [0.15, 0.2) is 0 Å². The van der Waals surface area contributed by atoms with Gasteiger partial charge in [-0.1, -0.05) is 60.8 Å². The van der Waals surface area contributed by atoms with Crippen LogP contribution in [0.15, 0.2) is 9.42 Å². The third-order valence-corrected chi connectivity index (χ3v) is 7.52. The molecular formula is C24H40N2O3S. The van der Waals surface area contributed by atoms with Crippen LogP contribution >= 0.6 is 11.8 Å². The third-order valence-electron chi connectivity index (χ3n) is 6.46. The highest BCUT2D eigenvalue weighted by atomic mass is 32.2. The number of nitrogens with zero attached hydrogens (tertiary/aromatic N) is 1. The normalized spacial score (nSPS) is 27.0. The summed E-state index contributed by atoms with van der Waals surface area (Å²) in [4.78, 5) is 14.0. The van der Waals surface area contributed by atoms with Crippen LogP contribution in [0, 0.1) is 23.2 Å². The van der Waals surface area contributed by atoms with E-state index in [2.05, 4.69) is 52.0 Å². The number of thioether (sulfide) groups is 1. The van der Waals surface area contributed by atoms with E-state index in [4.69, 9.17) is 9.26 Å². The van der Waals surface area contributed by atoms with Gasteiger partial charge in [0, 0.05) is 11.3 Å². The van der Waals surface area contributed by atoms with Gasteiger partial charge >= 0.3 is 0 Å². The summed E-state index contributed by atoms with van der Waals surface area (Å²) in [7, 11) is 0. The molecule has 2 aliphatic rings. The van der Waals surface area contributed by atoms with E-state index in [1.807, 2.05) is 0 Å². The topological polar surface area (TPSA) is 64.4 Å². The molecule has 0 saturated heterocycles. The zero-order valence-corrected chi connectivity index (χ0v) is 20.4. The van der Waals surface area contributed by atoms with Gasteiger partial charge in [-0.15, -0.1) is 11.8 Å². The molecule has 5 nitrogen and oxygen atoms in total. The molecule has 2 aliphatic carbocycles. The van der Waals surface area contributed by atoms with Crippen molar-refractivity contribution in [2.24, 2.45) is 23.2 Å². The maximum absolute atomic E-state index is 13.3. The van der Waals surface area contributed by atoms with Crippen molar-refractivity contribution in [3.63, 3.8) is 0 Å². The summed E-state index contributed by atoms with van der Waals surface area (Å²) in [5, 5.41) is 7.77. The Kier molecular flexibility index (Phi) is 7.81. The fraction of sp³-hybridized carbons (Fsp3) is 0.833. The van der Waals surface area contributed by atoms with Crippen LogP contribution in [0.4, 0.5) is 0 Å². The molecule has 2 fully saturated rings. The molecule has 1 heterocycles. The van der Waals surface area contributed by atoms with E-state index in [-0.39, 0.29) is 17.4 Å². The van der Waals surface area contributed by atoms with E-state index in [1.165, 1.54) is 38.5 Å². The lowest BCUT2D eigenvalue weighted by Gasteiger charge is -2.31. The van der Waals surface area contributed by atoms with Crippen molar-refractivity contribution in [3.8, 4) is 5.88 Å². The zero-order chi connectivity index (χ0) is 21.9. The number of nitrogens with one attached hydrogen (secondary N) is 1. The highest BCUT2D eigenvalue weighted by Gasteiger charge is 2.38. The predicted octanol–water partition coefficient (Wildman–Crippen LogP) is 6.32. The number of carbonyl (C=O) groups excluding carboxylic acids is 1. The minimum atomic E-state index is -0.139. The van der Waals surface area contributed by atoms with Gasteiger partial charge in [0.05, 0.1) is 6.61 Å². The van der Waals surface area contributed by atoms with E-state index in [9.17, 15) is 4.79 Å². The first-order valence-electron chi connectivity index (χ1n) is 11.8. The molecule has 170 valence electrons. The molecule has 0 aromatic carbocycles. The SMILES string of the molecule is CCC1CC2CCCC1C(NC(=O)c1onc(OCC(C)(C)C)c1SC(C)C)CC2. The second kappa shape index (κ2) is 9.97. The standard InChI is InChI=1S/C24H40N2O3S/c1-7-17-13-16-9-8-10-18(17)19(12-11-16)25-22(27)20-21(30-15(2)3)23(26-29-20)28-14-24(4,5)6/h15-19H,7-14H2,1-6H3,(H,25,27). The zero-order valence-electron chi connectivity index (χ0n) is 19.6. The lowest BCUT2D eigenvalue weighted by atomic mass is 9.81. The van der Waals surface area contributed by atoms with Gasteiger partial charge in [0.25, 0.3) is 11.8 Å². The summed E-state index contributed by atoms with van der Waals surface area (Å²) < 4.78 is 11.5. The Morgan fingerprint density at radius 1 is 1.27 bits per heavy atom. The van der Waals surface area contributed by atoms with Crippen LogP contribution in [-0.4, -0.2) is 29.0 Å². The fourth-order valence-corrected chi connectivity index (χ4v) is 5.94. The van der Waals surface area contributed by atoms with E-state index in [1.54, 1.807) is 11.8 Å². The van der Waals surface area contributed by atoms with Gasteiger partial charge in [-0.25, -0.2) is 0 Å². The summed E-state index contributed by atoms with van der Waals surface area (Å²) in [6, 6.07) is 0.230. The summed E-state index contributed by atoms with van der Waals surface area (Å²) >= 11 is 1.58. The Hall–Kier alpha value is -1.17. The molecule has 6 heteroatoms. The Morgan fingerprint density at radius 3 is 2.70 bits per heavy atom. The van der Waals surface area contributed by atoms with Crippen molar-refractivity contribution in [1.82, 2.24) is 10.5 Å². The lowest BCUT2D eigenvalue weighted by molar-refractivity contribution is 0.0861. The van der Waals surface area contributed by atoms with Crippen LogP contribution < -0.4 is 10.1 Å². The number of aromatic nitrogens is 1. The van der Waals surface area contributed by atoms with Crippen molar-refractivity contribution >= 4 is 17.7 Å². The minimum Gasteiger partial charge on any atom is -0.474 e. The summed E-state index contributed by atoms with van der Waals surface area (Å²) in [5.41, 5.74) is 0.00811. The van der Waals surface area contributed by atoms with Gasteiger partial charge in [-0.2, -0.15) is 0 Å². The van der Waals surface area contributed by atoms with Crippen molar-refractivity contribution in [1.29, 1.82) is 0 Å². The Bertz CT molecular complexity index is 710. The van der Waals surface area contributed by atoms with Crippen LogP contribution in [0.3, 0.4) is 0 Å². The molecule has 4 unspecified atom stereocenters. The molecule has 1 amide bonds. The molecule has 2 bridgehead atoms. The molecule has 0 aliphatic heterocycles. The molecule has 30 heavy (non-hydrogen) atoms. The van der Waals surface area contributed by atoms with Crippen molar-refractivity contribution in [2.75, 3.05) is 6.61 Å². The smallest absolute Gasteiger partial charge is 0.291 e. The van der Waals surface area contributed by atoms with Crippen LogP contribution in [0.5, 0.6) is 5.88 Å². The number of carbonyl (C=O) groups is 1. The van der Waals surface area contributed by atoms with E-state index in [0.29, 0.717) is 29.4 Å². The average Bonchev–Trinajstić information content (AvgIpc) is 2.83. The molecule has 0 spiro atoms. The van der Waals surface area contributed by atoms with Crippen molar-refractivity contribution in [2.45, 2.75) is 103 Å². The number of fused-ring (bicyclic) bond motifs is 3. The Morgan fingerprint density at radius 2 is 2.03 bits per heavy atom. The monoisotopic (exact) mass is 436 g/mol. The second-order valence-electron chi connectivity index (χ2n) is 10.7. The van der Waals surface area contributed by atoms with Gasteiger partial charge in [-0.3, -0.25) is 4.79 Å². The number of hydrogen-bond donors (Lipinski definition) is 1. The molecule has 0 radical (unpaired) electrons. The minimum absolute atomic E-state index is 0.00811. The maximum atomic E-state index is 13.3. The average molecular weight is 437 g/mol. The summed E-state index contributed by atoms with van der Waals surface area (Å²) in [6.45, 7) is 13.4. The van der Waals surface area contributed by atoms with Crippen LogP contribution in [0.2, 0.25) is 0 Å². The number of ether oxygens (including phenoxy) is 1. The van der Waals surface area contributed by atoms with Crippen LogP contribution in [0.1, 0.15) is 97.0 Å². The first-order chi connectivity index (χ1) is 14.2. The largest absolute Gasteiger partial charge is 0.474 e. The second-order valence-corrected chi connectivity index (χ2v) is 12.3. The van der Waals surface area contributed by atoms with Crippen molar-refractivity contribution in [3.05, 3.63) is 5.76 Å². The summed E-state index contributed by atoms with van der Waals surface area (Å²) in [6.07, 6.45) is 8.71. The Labute approximate surface area is 186 Å². The van der Waals surface area contributed by atoms with E-state index in [0.717, 1.165) is 23.2 Å². The van der Waals surface area contributed by atoms with Crippen molar-refractivity contribution < 1.29 is 14.1 Å². The predicted molar refractivity (Wildman–Crippen MR) is 122 cm³/mol. The van der Waals surface area contributed by atoms with Gasteiger partial charge in [0.2, 0.25) is 5.76 Å². The molecule has 1 aromatic rings. The number of hydrogen-bond acceptors (Lipinski definition) is 5. The van der Waals surface area contributed by atoms with Gasteiger partial charge in [-0.05, 0) is 54.0 Å².